The van der Waals surface area contributed by atoms with Gasteiger partial charge in [0.15, 0.2) is 0 Å². The van der Waals surface area contributed by atoms with Crippen LogP contribution in [0, 0.1) is 0 Å². The zero-order valence-corrected chi connectivity index (χ0v) is 16.8. The van der Waals surface area contributed by atoms with Crippen LogP contribution in [-0.2, 0) is 0 Å². The van der Waals surface area contributed by atoms with Crippen molar-refractivity contribution in [1.82, 2.24) is 0 Å². The molecule has 0 aromatic heterocycles. The van der Waals surface area contributed by atoms with Gasteiger partial charge in [0.2, 0.25) is 0 Å². The van der Waals surface area contributed by atoms with Crippen molar-refractivity contribution in [3.8, 4) is 0 Å². The summed E-state index contributed by atoms with van der Waals surface area (Å²) in [6, 6.07) is 17.8. The molecule has 0 amide bonds. The Hall–Kier alpha value is -1.39. The Morgan fingerprint density at radius 1 is 0.591 bits per heavy atom. The van der Waals surface area contributed by atoms with E-state index in [2.05, 4.69) is 100.0 Å². The first-order valence-electron chi connectivity index (χ1n) is 8.05. The fourth-order valence-corrected chi connectivity index (χ4v) is 4.89. The molecule has 0 fully saturated rings. The lowest BCUT2D eigenvalue weighted by Crippen LogP contribution is -2.45. The Bertz CT molecular complexity index is 624. The van der Waals surface area contributed by atoms with E-state index < -0.39 is 16.1 Å². The minimum Gasteiger partial charge on any atom is -0.0656 e. The van der Waals surface area contributed by atoms with Gasteiger partial charge in [-0.1, -0.05) is 110 Å². The molecule has 2 heteroatoms. The Kier molecular flexibility index (Phi) is 4.93. The highest BCUT2D eigenvalue weighted by molar-refractivity contribution is 6.91. The van der Waals surface area contributed by atoms with Gasteiger partial charge in [0.1, 0.15) is 0 Å². The molecule has 0 atom stereocenters. The van der Waals surface area contributed by atoms with Crippen LogP contribution in [0.2, 0.25) is 39.3 Å². The van der Waals surface area contributed by atoms with Crippen LogP contribution in [0.5, 0.6) is 0 Å². The summed E-state index contributed by atoms with van der Waals surface area (Å²) in [6.07, 6.45) is 4.49. The van der Waals surface area contributed by atoms with E-state index in [1.165, 1.54) is 11.1 Å². The predicted molar refractivity (Wildman–Crippen MR) is 108 cm³/mol. The summed E-state index contributed by atoms with van der Waals surface area (Å²) < 4.78 is 0. The summed E-state index contributed by atoms with van der Waals surface area (Å²) in [5.41, 5.74) is 2.61. The smallest absolute Gasteiger partial charge is 0.0656 e. The highest BCUT2D eigenvalue weighted by Crippen LogP contribution is 2.12. The summed E-state index contributed by atoms with van der Waals surface area (Å²) >= 11 is 0. The summed E-state index contributed by atoms with van der Waals surface area (Å²) in [5, 5.41) is 3.14. The zero-order valence-electron chi connectivity index (χ0n) is 14.8. The molecule has 0 aliphatic heterocycles. The van der Waals surface area contributed by atoms with Gasteiger partial charge in [0, 0.05) is 0 Å². The third kappa shape index (κ3) is 4.55. The molecule has 0 unspecified atom stereocenters. The molecule has 0 heterocycles. The second-order valence-electron chi connectivity index (χ2n) is 8.09. The maximum Gasteiger partial charge on any atom is 0.0776 e. The second-order valence-corrected chi connectivity index (χ2v) is 18.2. The Morgan fingerprint density at radius 2 is 1.05 bits per heavy atom. The minimum absolute atomic E-state index is 1.26. The van der Waals surface area contributed by atoms with Gasteiger partial charge in [-0.25, -0.2) is 0 Å². The monoisotopic (exact) mass is 324 g/mol. The maximum atomic E-state index is 2.48. The highest BCUT2D eigenvalue weighted by atomic mass is 28.3. The molecule has 0 nitrogen and oxygen atoms in total. The molecule has 22 heavy (non-hydrogen) atoms. The molecule has 0 aliphatic carbocycles. The molecular weight excluding hydrogens is 296 g/mol. The van der Waals surface area contributed by atoms with E-state index in [0.717, 1.165) is 0 Å². The molecule has 0 spiro atoms. The van der Waals surface area contributed by atoms with Crippen molar-refractivity contribution in [1.29, 1.82) is 0 Å². The normalized spacial score (nSPS) is 12.8. The summed E-state index contributed by atoms with van der Waals surface area (Å²) in [7, 11) is -2.59. The Morgan fingerprint density at radius 3 is 1.50 bits per heavy atom. The third-order valence-electron chi connectivity index (χ3n) is 3.96. The second kappa shape index (κ2) is 6.39. The number of hydrogen-bond donors (Lipinski definition) is 0. The van der Waals surface area contributed by atoms with Crippen molar-refractivity contribution >= 4 is 38.7 Å². The lowest BCUT2D eigenvalue weighted by atomic mass is 10.1. The fourth-order valence-electron chi connectivity index (χ4n) is 2.37. The van der Waals surface area contributed by atoms with Gasteiger partial charge in [-0.2, -0.15) is 0 Å². The van der Waals surface area contributed by atoms with Crippen molar-refractivity contribution in [3.63, 3.8) is 0 Å². The van der Waals surface area contributed by atoms with Crippen LogP contribution < -0.4 is 10.4 Å². The van der Waals surface area contributed by atoms with Crippen LogP contribution in [0.3, 0.4) is 0 Å². The van der Waals surface area contributed by atoms with Crippen LogP contribution in [0.15, 0.2) is 48.5 Å². The van der Waals surface area contributed by atoms with Crippen molar-refractivity contribution in [2.75, 3.05) is 0 Å². The van der Waals surface area contributed by atoms with Crippen LogP contribution in [0.25, 0.3) is 12.2 Å². The van der Waals surface area contributed by atoms with Gasteiger partial charge in [0.25, 0.3) is 0 Å². The standard InChI is InChI=1S/C20H28Si2/c1-21(2,3)19-14-18(15-20(16-19)22(4,5)6)13-12-17-10-8-7-9-11-17/h7-16H,1-6H3/b13-12+. The summed E-state index contributed by atoms with van der Waals surface area (Å²) in [4.78, 5) is 0. The van der Waals surface area contributed by atoms with E-state index >= 15 is 0 Å². The molecule has 0 aliphatic rings. The van der Waals surface area contributed by atoms with Gasteiger partial charge in [0.05, 0.1) is 16.1 Å². The zero-order chi connectivity index (χ0) is 16.4. The van der Waals surface area contributed by atoms with Gasteiger partial charge < -0.3 is 0 Å². The Labute approximate surface area is 137 Å². The van der Waals surface area contributed by atoms with Crippen LogP contribution in [0.1, 0.15) is 11.1 Å². The summed E-state index contributed by atoms with van der Waals surface area (Å²) in [5.74, 6) is 0. The number of hydrogen-bond acceptors (Lipinski definition) is 0. The van der Waals surface area contributed by atoms with Crippen molar-refractivity contribution in [2.24, 2.45) is 0 Å². The Balaban J connectivity index is 2.45. The van der Waals surface area contributed by atoms with E-state index in [1.54, 1.807) is 10.4 Å². The molecule has 0 saturated carbocycles. The minimum atomic E-state index is -1.29. The van der Waals surface area contributed by atoms with E-state index in [9.17, 15) is 0 Å². The average Bonchev–Trinajstić information content (AvgIpc) is 2.44. The largest absolute Gasteiger partial charge is 0.0776 e. The highest BCUT2D eigenvalue weighted by Gasteiger charge is 2.22. The van der Waals surface area contributed by atoms with E-state index in [1.807, 2.05) is 0 Å². The van der Waals surface area contributed by atoms with Gasteiger partial charge >= 0.3 is 0 Å². The first kappa shape index (κ1) is 17.0. The first-order valence-corrected chi connectivity index (χ1v) is 15.1. The molecule has 0 bridgehead atoms. The SMILES string of the molecule is C[Si](C)(C)c1cc(/C=C/c2ccccc2)cc([Si](C)(C)C)c1. The average molecular weight is 325 g/mol. The lowest BCUT2D eigenvalue weighted by Gasteiger charge is -2.23. The van der Waals surface area contributed by atoms with E-state index in [4.69, 9.17) is 0 Å². The first-order chi connectivity index (χ1) is 10.2. The van der Waals surface area contributed by atoms with Crippen LogP contribution in [-0.4, -0.2) is 16.1 Å². The quantitative estimate of drug-likeness (QED) is 0.551. The van der Waals surface area contributed by atoms with Gasteiger partial charge in [-0.15, -0.1) is 0 Å². The topological polar surface area (TPSA) is 0 Å². The predicted octanol–water partition coefficient (Wildman–Crippen LogP) is 4.95. The molecule has 0 radical (unpaired) electrons. The molecule has 2 aromatic carbocycles. The summed E-state index contributed by atoms with van der Waals surface area (Å²) in [6.45, 7) is 14.6. The van der Waals surface area contributed by atoms with Crippen LogP contribution in [0.4, 0.5) is 0 Å². The number of rotatable bonds is 4. The van der Waals surface area contributed by atoms with Gasteiger partial charge in [-0.3, -0.25) is 0 Å². The van der Waals surface area contributed by atoms with Crippen molar-refractivity contribution in [2.45, 2.75) is 39.3 Å². The molecular formula is C20H28Si2. The van der Waals surface area contributed by atoms with Gasteiger partial charge in [-0.05, 0) is 11.1 Å². The van der Waals surface area contributed by atoms with E-state index in [-0.39, 0.29) is 0 Å². The maximum absolute atomic E-state index is 2.48. The third-order valence-corrected chi connectivity index (χ3v) is 8.00. The van der Waals surface area contributed by atoms with E-state index in [0.29, 0.717) is 0 Å². The molecule has 116 valence electrons. The van der Waals surface area contributed by atoms with Crippen molar-refractivity contribution < 1.29 is 0 Å². The lowest BCUT2D eigenvalue weighted by molar-refractivity contribution is 1.63. The molecule has 0 saturated heterocycles. The number of benzene rings is 2. The van der Waals surface area contributed by atoms with Crippen LogP contribution >= 0.6 is 0 Å². The van der Waals surface area contributed by atoms with Crippen molar-refractivity contribution in [3.05, 3.63) is 59.7 Å². The molecule has 2 aromatic rings. The molecule has 2 rings (SSSR count). The fraction of sp³-hybridized carbons (Fsp3) is 0.300. The molecule has 0 N–H and O–H groups in total.